The average Bonchev–Trinajstić information content (AvgIpc) is 2.93. The van der Waals surface area contributed by atoms with Gasteiger partial charge in [0, 0.05) is 0 Å². The zero-order chi connectivity index (χ0) is 32.2. The van der Waals surface area contributed by atoms with Crippen LogP contribution in [0.4, 0.5) is 0 Å². The summed E-state index contributed by atoms with van der Waals surface area (Å²) < 4.78 is 16.8. The van der Waals surface area contributed by atoms with Crippen LogP contribution in [0.1, 0.15) is 117 Å². The predicted molar refractivity (Wildman–Crippen MR) is 181 cm³/mol. The van der Waals surface area contributed by atoms with E-state index < -0.39 is 5.97 Å². The maximum atomic E-state index is 12.2. The van der Waals surface area contributed by atoms with Gasteiger partial charge in [-0.3, -0.25) is 0 Å². The Labute approximate surface area is 261 Å². The van der Waals surface area contributed by atoms with E-state index in [0.29, 0.717) is 12.4 Å². The molecule has 238 valence electrons. The third kappa shape index (κ3) is 17.3. The molecule has 0 unspecified atom stereocenters. The van der Waals surface area contributed by atoms with E-state index in [2.05, 4.69) is 79.7 Å². The molecule has 5 nitrogen and oxygen atoms in total. The van der Waals surface area contributed by atoms with Gasteiger partial charge in [-0.1, -0.05) is 57.7 Å². The molecule has 0 radical (unpaired) electrons. The van der Waals surface area contributed by atoms with Gasteiger partial charge in [-0.25, -0.2) is 4.79 Å². The minimum atomic E-state index is -0.551. The Morgan fingerprint density at radius 3 is 1.49 bits per heavy atom. The van der Waals surface area contributed by atoms with Crippen molar-refractivity contribution in [2.24, 2.45) is 0 Å². The Hall–Kier alpha value is -3.47. The van der Waals surface area contributed by atoms with Gasteiger partial charge in [0.05, 0.1) is 12.7 Å². The van der Waals surface area contributed by atoms with Crippen molar-refractivity contribution in [1.29, 1.82) is 0 Å². The number of hydrogen-bond donors (Lipinski definition) is 1. The number of carbonyl (C=O) groups is 1. The first kappa shape index (κ1) is 37.6. The lowest BCUT2D eigenvalue weighted by Crippen LogP contribution is -2.05. The van der Waals surface area contributed by atoms with Crippen LogP contribution in [0.25, 0.3) is 0 Å². The molecule has 0 spiro atoms. The first-order chi connectivity index (χ1) is 20.4. The molecular formula is C38H56O5. The van der Waals surface area contributed by atoms with E-state index in [4.69, 9.17) is 14.2 Å². The van der Waals surface area contributed by atoms with Gasteiger partial charge in [-0.2, -0.15) is 0 Å². The third-order valence-corrected chi connectivity index (χ3v) is 7.03. The molecule has 43 heavy (non-hydrogen) atoms. The second-order valence-corrected chi connectivity index (χ2v) is 11.9. The number of hydrogen-bond acceptors (Lipinski definition) is 5. The second-order valence-electron chi connectivity index (χ2n) is 11.9. The highest BCUT2D eigenvalue weighted by atomic mass is 16.5. The van der Waals surface area contributed by atoms with E-state index in [0.717, 1.165) is 51.4 Å². The fourth-order valence-corrected chi connectivity index (χ4v) is 4.29. The fraction of sp³-hybridized carbons (Fsp3) is 0.500. The van der Waals surface area contributed by atoms with Crippen molar-refractivity contribution < 1.29 is 24.1 Å². The fourth-order valence-electron chi connectivity index (χ4n) is 4.29. The van der Waals surface area contributed by atoms with Crippen molar-refractivity contribution in [2.45, 2.75) is 107 Å². The van der Waals surface area contributed by atoms with E-state index in [1.165, 1.54) is 46.6 Å². The molecule has 0 amide bonds. The number of allylic oxidation sites excluding steroid dienone is 10. The van der Waals surface area contributed by atoms with E-state index in [1.54, 1.807) is 6.07 Å². The van der Waals surface area contributed by atoms with Crippen molar-refractivity contribution in [2.75, 3.05) is 20.3 Å². The number of esters is 1. The van der Waals surface area contributed by atoms with E-state index in [1.807, 2.05) is 12.2 Å². The largest absolute Gasteiger partial charge is 0.504 e. The van der Waals surface area contributed by atoms with Gasteiger partial charge in [-0.05, 0) is 131 Å². The Morgan fingerprint density at radius 1 is 0.628 bits per heavy atom. The molecule has 0 saturated carbocycles. The first-order valence-electron chi connectivity index (χ1n) is 15.5. The molecule has 0 saturated heterocycles. The molecule has 0 aliphatic heterocycles. The van der Waals surface area contributed by atoms with E-state index in [-0.39, 0.29) is 23.7 Å². The third-order valence-electron chi connectivity index (χ3n) is 7.03. The van der Waals surface area contributed by atoms with Crippen molar-refractivity contribution in [3.63, 3.8) is 0 Å². The lowest BCUT2D eigenvalue weighted by atomic mass is 10.1. The molecular weight excluding hydrogens is 536 g/mol. The van der Waals surface area contributed by atoms with E-state index in [9.17, 15) is 9.90 Å². The molecule has 1 aromatic rings. The summed E-state index contributed by atoms with van der Waals surface area (Å²) in [7, 11) is 1.31. The molecule has 0 aliphatic carbocycles. The second kappa shape index (κ2) is 21.3. The van der Waals surface area contributed by atoms with Gasteiger partial charge in [0.25, 0.3) is 0 Å². The van der Waals surface area contributed by atoms with Gasteiger partial charge in [0.1, 0.15) is 13.2 Å². The van der Waals surface area contributed by atoms with Crippen LogP contribution in [-0.4, -0.2) is 31.4 Å². The van der Waals surface area contributed by atoms with Crippen molar-refractivity contribution in [3.05, 3.63) is 87.6 Å². The zero-order valence-electron chi connectivity index (χ0n) is 28.3. The maximum Gasteiger partial charge on any atom is 0.338 e. The maximum absolute atomic E-state index is 12.2. The van der Waals surface area contributed by atoms with Crippen LogP contribution in [0.5, 0.6) is 17.2 Å². The quantitative estimate of drug-likeness (QED) is 0.128. The number of benzene rings is 1. The standard InChI is InChI=1S/C38H56O5/c1-28(2)14-10-16-30(5)18-12-20-32(7)22-24-42-36-27-34(38(40)41-9)26-35(39)37(36)43-25-23-33(8)21-13-19-31(6)17-11-15-29(3)4/h14-15,18-19,22-23,26-27,39H,10-13,16-17,20-21,24-25H2,1-9H3/b30-18+,31-19+,32-22+,33-23+. The Kier molecular flexibility index (Phi) is 18.6. The van der Waals surface area contributed by atoms with Crippen LogP contribution in [-0.2, 0) is 4.74 Å². The van der Waals surface area contributed by atoms with Crippen LogP contribution in [0.2, 0.25) is 0 Å². The highest BCUT2D eigenvalue weighted by molar-refractivity contribution is 5.91. The number of aromatic hydroxyl groups is 1. The molecule has 5 heteroatoms. The molecule has 1 N–H and O–H groups in total. The van der Waals surface area contributed by atoms with Gasteiger partial charge < -0.3 is 19.3 Å². The molecule has 1 aromatic carbocycles. The lowest BCUT2D eigenvalue weighted by Gasteiger charge is -2.14. The first-order valence-corrected chi connectivity index (χ1v) is 15.5. The van der Waals surface area contributed by atoms with Gasteiger partial charge in [0.2, 0.25) is 5.75 Å². The SMILES string of the molecule is COC(=O)c1cc(O)c(OC/C=C(\C)CC/C=C(\C)CCC=C(C)C)c(OC/C=C(\C)CC/C=C(\C)CCC=C(C)C)c1. The number of methoxy groups -OCH3 is 1. The molecule has 0 bridgehead atoms. The number of rotatable bonds is 19. The monoisotopic (exact) mass is 592 g/mol. The van der Waals surface area contributed by atoms with Crippen molar-refractivity contribution >= 4 is 5.97 Å². The minimum absolute atomic E-state index is 0.159. The minimum Gasteiger partial charge on any atom is -0.504 e. The summed E-state index contributed by atoms with van der Waals surface area (Å²) >= 11 is 0. The van der Waals surface area contributed by atoms with Gasteiger partial charge in [-0.15, -0.1) is 0 Å². The summed E-state index contributed by atoms with van der Waals surface area (Å²) in [5, 5.41) is 10.7. The Bertz CT molecular complexity index is 1200. The number of ether oxygens (including phenoxy) is 3. The highest BCUT2D eigenvalue weighted by Gasteiger charge is 2.17. The predicted octanol–water partition coefficient (Wildman–Crippen LogP) is 10.8. The van der Waals surface area contributed by atoms with Crippen LogP contribution < -0.4 is 9.47 Å². The lowest BCUT2D eigenvalue weighted by molar-refractivity contribution is 0.0599. The normalized spacial score (nSPS) is 12.6. The van der Waals surface area contributed by atoms with Crippen molar-refractivity contribution in [1.82, 2.24) is 0 Å². The van der Waals surface area contributed by atoms with Crippen LogP contribution in [0, 0.1) is 0 Å². The Morgan fingerprint density at radius 2 is 1.05 bits per heavy atom. The number of carbonyl (C=O) groups excluding carboxylic acids is 1. The van der Waals surface area contributed by atoms with Crippen molar-refractivity contribution in [3.8, 4) is 17.2 Å². The molecule has 0 heterocycles. The van der Waals surface area contributed by atoms with Gasteiger partial charge >= 0.3 is 5.97 Å². The molecule has 0 atom stereocenters. The topological polar surface area (TPSA) is 65.0 Å². The molecule has 0 aliphatic rings. The zero-order valence-corrected chi connectivity index (χ0v) is 28.3. The summed E-state index contributed by atoms with van der Waals surface area (Å²) in [4.78, 5) is 12.2. The molecule has 1 rings (SSSR count). The number of phenolic OH excluding ortho intramolecular Hbond substituents is 1. The van der Waals surface area contributed by atoms with Gasteiger partial charge in [0.15, 0.2) is 11.5 Å². The summed E-state index contributed by atoms with van der Waals surface area (Å²) in [5.74, 6) is -0.188. The molecule has 0 aromatic heterocycles. The molecule has 0 fully saturated rings. The van der Waals surface area contributed by atoms with Crippen LogP contribution >= 0.6 is 0 Å². The van der Waals surface area contributed by atoms with Crippen LogP contribution in [0.3, 0.4) is 0 Å². The number of phenols is 1. The van der Waals surface area contributed by atoms with Crippen LogP contribution in [0.15, 0.2) is 82.0 Å². The summed E-state index contributed by atoms with van der Waals surface area (Å²) in [6.45, 7) is 17.6. The summed E-state index contributed by atoms with van der Waals surface area (Å²) in [6.07, 6.45) is 21.4. The highest BCUT2D eigenvalue weighted by Crippen LogP contribution is 2.38. The summed E-state index contributed by atoms with van der Waals surface area (Å²) in [5.41, 5.74) is 8.16. The Balaban J connectivity index is 2.79. The van der Waals surface area contributed by atoms with E-state index >= 15 is 0 Å². The summed E-state index contributed by atoms with van der Waals surface area (Å²) in [6, 6.07) is 2.91. The smallest absolute Gasteiger partial charge is 0.338 e. The average molecular weight is 593 g/mol.